The quantitative estimate of drug-likeness (QED) is 0.504. The van der Waals surface area contributed by atoms with Gasteiger partial charge in [-0.15, -0.1) is 0 Å². The molecule has 0 spiro atoms. The molecule has 0 N–H and O–H groups in total. The molecule has 16 heavy (non-hydrogen) atoms. The molecule has 5 atom stereocenters. The first-order valence-electron chi connectivity index (χ1n) is 5.93. The summed E-state index contributed by atoms with van der Waals surface area (Å²) >= 11 is 3.79. The predicted octanol–water partition coefficient (Wildman–Crippen LogP) is 3.16. The second-order valence-corrected chi connectivity index (χ2v) is 6.43. The lowest BCUT2D eigenvalue weighted by Crippen LogP contribution is -2.47. The Morgan fingerprint density at radius 2 is 1.88 bits per heavy atom. The Morgan fingerprint density at radius 3 is 2.56 bits per heavy atom. The standard InChI is InChI=1S/C13H13BrN2/c14-13-9-2-7-1-8(4-9)12(11(13)3-7)10(5-15)6-16/h7-9,11,13H,1-4H2/t7?,8?,9?,11?,13-/m0/s1. The van der Waals surface area contributed by atoms with Gasteiger partial charge in [0.25, 0.3) is 0 Å². The summed E-state index contributed by atoms with van der Waals surface area (Å²) in [5.74, 6) is 2.63. The summed E-state index contributed by atoms with van der Waals surface area (Å²) in [6.07, 6.45) is 4.94. The van der Waals surface area contributed by atoms with E-state index in [1.165, 1.54) is 31.3 Å². The molecule has 4 rings (SSSR count). The van der Waals surface area contributed by atoms with Crippen molar-refractivity contribution in [1.29, 1.82) is 10.5 Å². The van der Waals surface area contributed by atoms with Gasteiger partial charge < -0.3 is 0 Å². The lowest BCUT2D eigenvalue weighted by molar-refractivity contribution is 0.0785. The zero-order valence-electron chi connectivity index (χ0n) is 8.99. The third-order valence-electron chi connectivity index (χ3n) is 4.61. The third-order valence-corrected chi connectivity index (χ3v) is 6.00. The van der Waals surface area contributed by atoms with Crippen LogP contribution >= 0.6 is 15.9 Å². The maximum atomic E-state index is 9.05. The topological polar surface area (TPSA) is 47.6 Å². The fraction of sp³-hybridized carbons (Fsp3) is 0.692. The van der Waals surface area contributed by atoms with E-state index in [1.54, 1.807) is 0 Å². The zero-order valence-corrected chi connectivity index (χ0v) is 10.6. The smallest absolute Gasteiger partial charge is 0.129 e. The molecule has 4 aliphatic rings. The van der Waals surface area contributed by atoms with Crippen molar-refractivity contribution in [2.75, 3.05) is 0 Å². The van der Waals surface area contributed by atoms with Gasteiger partial charge in [0, 0.05) is 4.83 Å². The van der Waals surface area contributed by atoms with E-state index in [0.29, 0.717) is 22.2 Å². The Kier molecular flexibility index (Phi) is 2.33. The molecule has 0 aromatic heterocycles. The second kappa shape index (κ2) is 3.60. The molecule has 4 unspecified atom stereocenters. The van der Waals surface area contributed by atoms with Crippen LogP contribution in [0.1, 0.15) is 25.7 Å². The highest BCUT2D eigenvalue weighted by Crippen LogP contribution is 2.59. The van der Waals surface area contributed by atoms with Crippen molar-refractivity contribution in [3.05, 3.63) is 11.1 Å². The molecule has 0 aliphatic heterocycles. The first-order valence-corrected chi connectivity index (χ1v) is 6.84. The van der Waals surface area contributed by atoms with Crippen LogP contribution in [0.3, 0.4) is 0 Å². The van der Waals surface area contributed by atoms with Crippen molar-refractivity contribution < 1.29 is 0 Å². The lowest BCUT2D eigenvalue weighted by atomic mass is 9.53. The zero-order chi connectivity index (χ0) is 11.3. The van der Waals surface area contributed by atoms with Crippen molar-refractivity contribution in [1.82, 2.24) is 0 Å². The Balaban J connectivity index is 2.07. The molecule has 0 radical (unpaired) electrons. The van der Waals surface area contributed by atoms with Crippen LogP contribution in [0, 0.1) is 46.3 Å². The molecule has 0 amide bonds. The molecule has 2 nitrogen and oxygen atoms in total. The van der Waals surface area contributed by atoms with Crippen LogP contribution < -0.4 is 0 Å². The number of halogens is 1. The molecule has 4 bridgehead atoms. The van der Waals surface area contributed by atoms with Crippen molar-refractivity contribution in [2.24, 2.45) is 23.7 Å². The van der Waals surface area contributed by atoms with Gasteiger partial charge in [0.05, 0.1) is 0 Å². The number of rotatable bonds is 0. The third kappa shape index (κ3) is 1.28. The molecular weight excluding hydrogens is 264 g/mol. The summed E-state index contributed by atoms with van der Waals surface area (Å²) in [4.78, 5) is 0.506. The monoisotopic (exact) mass is 276 g/mol. The van der Waals surface area contributed by atoms with Gasteiger partial charge in [0.15, 0.2) is 0 Å². The predicted molar refractivity (Wildman–Crippen MR) is 63.4 cm³/mol. The average Bonchev–Trinajstić information content (AvgIpc) is 2.29. The van der Waals surface area contributed by atoms with Crippen LogP contribution in [-0.4, -0.2) is 4.83 Å². The van der Waals surface area contributed by atoms with E-state index in [0.717, 1.165) is 11.8 Å². The van der Waals surface area contributed by atoms with E-state index >= 15 is 0 Å². The molecule has 3 heteroatoms. The van der Waals surface area contributed by atoms with E-state index in [4.69, 9.17) is 10.5 Å². The fourth-order valence-corrected chi connectivity index (χ4v) is 5.09. The van der Waals surface area contributed by atoms with E-state index in [-0.39, 0.29) is 0 Å². The second-order valence-electron chi connectivity index (χ2n) is 5.37. The largest absolute Gasteiger partial charge is 0.192 e. The summed E-state index contributed by atoms with van der Waals surface area (Å²) in [5.41, 5.74) is 1.58. The van der Waals surface area contributed by atoms with Crippen molar-refractivity contribution in [3.8, 4) is 12.1 Å². The van der Waals surface area contributed by atoms with Crippen LogP contribution in [0.25, 0.3) is 0 Å². The lowest BCUT2D eigenvalue weighted by Gasteiger charge is -2.54. The molecule has 0 heterocycles. The van der Waals surface area contributed by atoms with Gasteiger partial charge in [-0.05, 0) is 54.9 Å². The fourth-order valence-electron chi connectivity index (χ4n) is 4.15. The number of hydrogen-bond donors (Lipinski definition) is 0. The number of alkyl halides is 1. The molecule has 0 aromatic rings. The Hall–Kier alpha value is -0.800. The van der Waals surface area contributed by atoms with Crippen LogP contribution in [0.5, 0.6) is 0 Å². The molecule has 0 aromatic carbocycles. The Labute approximate surface area is 104 Å². The van der Waals surface area contributed by atoms with Gasteiger partial charge in [-0.2, -0.15) is 10.5 Å². The van der Waals surface area contributed by atoms with Gasteiger partial charge in [-0.1, -0.05) is 15.9 Å². The first-order chi connectivity index (χ1) is 7.74. The highest BCUT2D eigenvalue weighted by atomic mass is 79.9. The number of hydrogen-bond acceptors (Lipinski definition) is 2. The first kappa shape index (κ1) is 10.4. The highest BCUT2D eigenvalue weighted by Gasteiger charge is 2.51. The normalized spacial score (nSPS) is 43.9. The van der Waals surface area contributed by atoms with E-state index in [9.17, 15) is 0 Å². The number of nitrogens with zero attached hydrogens (tertiary/aromatic N) is 2. The average molecular weight is 277 g/mol. The summed E-state index contributed by atoms with van der Waals surface area (Å²) in [6.45, 7) is 0. The SMILES string of the molecule is N#CC(C#N)=C1C2CC3CC(C2)[C@H](Br)C1C3. The minimum atomic E-state index is 0.401. The van der Waals surface area contributed by atoms with E-state index in [2.05, 4.69) is 28.1 Å². The summed E-state index contributed by atoms with van der Waals surface area (Å²) < 4.78 is 0. The Morgan fingerprint density at radius 1 is 1.12 bits per heavy atom. The van der Waals surface area contributed by atoms with E-state index in [1.807, 2.05) is 0 Å². The van der Waals surface area contributed by atoms with Crippen LogP contribution in [0.2, 0.25) is 0 Å². The van der Waals surface area contributed by atoms with Crippen molar-refractivity contribution in [2.45, 2.75) is 30.5 Å². The van der Waals surface area contributed by atoms with Crippen LogP contribution in [-0.2, 0) is 0 Å². The van der Waals surface area contributed by atoms with Gasteiger partial charge >= 0.3 is 0 Å². The molecule has 82 valence electrons. The molecule has 0 saturated heterocycles. The highest BCUT2D eigenvalue weighted by molar-refractivity contribution is 9.09. The van der Waals surface area contributed by atoms with E-state index < -0.39 is 0 Å². The molecule has 4 fully saturated rings. The van der Waals surface area contributed by atoms with Gasteiger partial charge in [0.1, 0.15) is 17.7 Å². The van der Waals surface area contributed by atoms with Gasteiger partial charge in [-0.3, -0.25) is 0 Å². The minimum absolute atomic E-state index is 0.401. The number of allylic oxidation sites excluding steroid dienone is 2. The van der Waals surface area contributed by atoms with Gasteiger partial charge in [-0.25, -0.2) is 0 Å². The molecule has 4 saturated carbocycles. The van der Waals surface area contributed by atoms with Gasteiger partial charge in [0.2, 0.25) is 0 Å². The summed E-state index contributed by atoms with van der Waals surface area (Å²) in [7, 11) is 0. The van der Waals surface area contributed by atoms with Crippen molar-refractivity contribution >= 4 is 15.9 Å². The summed E-state index contributed by atoms with van der Waals surface area (Å²) in [5, 5.41) is 18.1. The number of nitriles is 2. The Bertz CT molecular complexity index is 424. The summed E-state index contributed by atoms with van der Waals surface area (Å²) in [6, 6.07) is 4.20. The maximum absolute atomic E-state index is 9.05. The minimum Gasteiger partial charge on any atom is -0.192 e. The molecule has 4 aliphatic carbocycles. The molecular formula is C13H13BrN2. The van der Waals surface area contributed by atoms with Crippen LogP contribution in [0.15, 0.2) is 11.1 Å². The van der Waals surface area contributed by atoms with Crippen LogP contribution in [0.4, 0.5) is 0 Å². The van der Waals surface area contributed by atoms with Crippen molar-refractivity contribution in [3.63, 3.8) is 0 Å². The maximum Gasteiger partial charge on any atom is 0.129 e.